The minimum atomic E-state index is -0.244. The second-order valence-electron chi connectivity index (χ2n) is 7.98. The zero-order valence-corrected chi connectivity index (χ0v) is 15.8. The molecule has 4 heterocycles. The average molecular weight is 380 g/mol. The predicted octanol–water partition coefficient (Wildman–Crippen LogP) is 1.85. The Morgan fingerprint density at radius 1 is 0.929 bits per heavy atom. The molecule has 3 aliphatic rings. The molecule has 1 N–H and O–H groups in total. The third-order valence-corrected chi connectivity index (χ3v) is 6.15. The van der Waals surface area contributed by atoms with Gasteiger partial charge in [-0.1, -0.05) is 18.2 Å². The van der Waals surface area contributed by atoms with Gasteiger partial charge in [0.1, 0.15) is 5.82 Å². The summed E-state index contributed by atoms with van der Waals surface area (Å²) in [4.78, 5) is 29.4. The lowest BCUT2D eigenvalue weighted by Gasteiger charge is -2.25. The Labute approximate surface area is 163 Å². The lowest BCUT2D eigenvalue weighted by atomic mass is 9.89. The molecule has 2 atom stereocenters. The standard InChI is InChI=1S/C20H24N6O2/c27-19(21-16-6-2-1-3-7-16)18-23-22-17-10-14-11-25(12-15(14)13-26(17)18)20(28)24-8-4-5-9-24/h1-3,6-7,14-15H,4-5,8-13H2,(H,21,27). The molecule has 28 heavy (non-hydrogen) atoms. The van der Waals surface area contributed by atoms with Crippen LogP contribution in [0.1, 0.15) is 29.3 Å². The molecule has 8 heteroatoms. The molecule has 1 aromatic heterocycles. The number of carbonyl (C=O) groups is 2. The second-order valence-corrected chi connectivity index (χ2v) is 7.98. The van der Waals surface area contributed by atoms with Gasteiger partial charge in [-0.3, -0.25) is 4.79 Å². The van der Waals surface area contributed by atoms with Crippen LogP contribution in [0.2, 0.25) is 0 Å². The highest BCUT2D eigenvalue weighted by molar-refractivity contribution is 6.01. The van der Waals surface area contributed by atoms with Crippen LogP contribution in [0.25, 0.3) is 0 Å². The number of para-hydroxylation sites is 1. The highest BCUT2D eigenvalue weighted by Crippen LogP contribution is 2.33. The molecule has 1 aromatic carbocycles. The predicted molar refractivity (Wildman–Crippen MR) is 103 cm³/mol. The number of hydrogen-bond donors (Lipinski definition) is 1. The number of fused-ring (bicyclic) bond motifs is 2. The molecule has 5 rings (SSSR count). The summed E-state index contributed by atoms with van der Waals surface area (Å²) in [5.74, 6) is 1.69. The van der Waals surface area contributed by atoms with E-state index in [2.05, 4.69) is 15.5 Å². The zero-order chi connectivity index (χ0) is 19.1. The first-order valence-electron chi connectivity index (χ1n) is 10.0. The van der Waals surface area contributed by atoms with Crippen LogP contribution in [-0.4, -0.2) is 62.7 Å². The van der Waals surface area contributed by atoms with Gasteiger partial charge in [0.2, 0.25) is 5.82 Å². The number of anilines is 1. The van der Waals surface area contributed by atoms with Crippen molar-refractivity contribution in [3.05, 3.63) is 42.0 Å². The Morgan fingerprint density at radius 2 is 1.68 bits per heavy atom. The van der Waals surface area contributed by atoms with Gasteiger partial charge >= 0.3 is 6.03 Å². The van der Waals surface area contributed by atoms with Crippen LogP contribution in [0, 0.1) is 11.8 Å². The summed E-state index contributed by atoms with van der Waals surface area (Å²) < 4.78 is 1.93. The Morgan fingerprint density at radius 3 is 2.46 bits per heavy atom. The number of amides is 3. The lowest BCUT2D eigenvalue weighted by molar-refractivity contribution is 0.100. The number of rotatable bonds is 2. The van der Waals surface area contributed by atoms with E-state index in [0.717, 1.165) is 57.0 Å². The van der Waals surface area contributed by atoms with Crippen molar-refractivity contribution < 1.29 is 9.59 Å². The number of nitrogens with zero attached hydrogens (tertiary/aromatic N) is 5. The third-order valence-electron chi connectivity index (χ3n) is 6.15. The maximum absolute atomic E-state index is 12.7. The number of hydrogen-bond acceptors (Lipinski definition) is 4. The third kappa shape index (κ3) is 3.02. The first kappa shape index (κ1) is 17.2. The monoisotopic (exact) mass is 380 g/mol. The Hall–Kier alpha value is -2.90. The van der Waals surface area contributed by atoms with Gasteiger partial charge in [-0.15, -0.1) is 10.2 Å². The number of benzene rings is 1. The number of carbonyl (C=O) groups excluding carboxylic acids is 2. The fourth-order valence-electron chi connectivity index (χ4n) is 4.67. The van der Waals surface area contributed by atoms with E-state index in [1.807, 2.05) is 44.7 Å². The molecule has 3 amide bonds. The second kappa shape index (κ2) is 6.92. The summed E-state index contributed by atoms with van der Waals surface area (Å²) in [5.41, 5.74) is 0.738. The van der Waals surface area contributed by atoms with E-state index >= 15 is 0 Å². The maximum Gasteiger partial charge on any atom is 0.320 e. The molecule has 0 saturated carbocycles. The Bertz CT molecular complexity index is 889. The molecular weight excluding hydrogens is 356 g/mol. The van der Waals surface area contributed by atoms with Crippen LogP contribution in [0.4, 0.5) is 10.5 Å². The lowest BCUT2D eigenvalue weighted by Crippen LogP contribution is -2.40. The van der Waals surface area contributed by atoms with E-state index < -0.39 is 0 Å². The fourth-order valence-corrected chi connectivity index (χ4v) is 4.67. The van der Waals surface area contributed by atoms with Crippen molar-refractivity contribution in [3.8, 4) is 0 Å². The number of urea groups is 1. The molecule has 2 saturated heterocycles. The summed E-state index contributed by atoms with van der Waals surface area (Å²) >= 11 is 0. The molecule has 146 valence electrons. The number of nitrogens with one attached hydrogen (secondary N) is 1. The van der Waals surface area contributed by atoms with E-state index in [0.29, 0.717) is 24.2 Å². The van der Waals surface area contributed by atoms with E-state index in [-0.39, 0.29) is 11.9 Å². The first-order valence-corrected chi connectivity index (χ1v) is 10.0. The van der Waals surface area contributed by atoms with Crippen molar-refractivity contribution in [1.82, 2.24) is 24.6 Å². The molecule has 3 aliphatic heterocycles. The molecule has 0 bridgehead atoms. The molecule has 2 unspecified atom stereocenters. The first-order chi connectivity index (χ1) is 13.7. The van der Waals surface area contributed by atoms with Crippen LogP contribution in [-0.2, 0) is 13.0 Å². The van der Waals surface area contributed by atoms with E-state index in [9.17, 15) is 9.59 Å². The summed E-state index contributed by atoms with van der Waals surface area (Å²) in [6.45, 7) is 3.96. The fraction of sp³-hybridized carbons (Fsp3) is 0.500. The molecule has 0 spiro atoms. The van der Waals surface area contributed by atoms with Gasteiger partial charge in [0.05, 0.1) is 0 Å². The van der Waals surface area contributed by atoms with Crippen molar-refractivity contribution in [2.75, 3.05) is 31.5 Å². The molecule has 2 fully saturated rings. The highest BCUT2D eigenvalue weighted by Gasteiger charge is 2.41. The maximum atomic E-state index is 12.7. The smallest absolute Gasteiger partial charge is 0.320 e. The number of likely N-dealkylation sites (tertiary alicyclic amines) is 2. The van der Waals surface area contributed by atoms with Crippen LogP contribution in [0.5, 0.6) is 0 Å². The molecular formula is C20H24N6O2. The molecule has 0 aliphatic carbocycles. The van der Waals surface area contributed by atoms with Crippen LogP contribution < -0.4 is 5.32 Å². The van der Waals surface area contributed by atoms with Crippen LogP contribution in [0.15, 0.2) is 30.3 Å². The van der Waals surface area contributed by atoms with E-state index in [1.54, 1.807) is 0 Å². The summed E-state index contributed by atoms with van der Waals surface area (Å²) in [6.07, 6.45) is 2.97. The van der Waals surface area contributed by atoms with Gasteiger partial charge in [0, 0.05) is 44.8 Å². The van der Waals surface area contributed by atoms with Gasteiger partial charge in [0.15, 0.2) is 0 Å². The minimum Gasteiger partial charge on any atom is -0.325 e. The SMILES string of the molecule is O=C(Nc1ccccc1)c1nnc2n1CC1CN(C(=O)N3CCCC3)CC1C2. The number of aromatic nitrogens is 3. The van der Waals surface area contributed by atoms with Crippen LogP contribution in [0.3, 0.4) is 0 Å². The highest BCUT2D eigenvalue weighted by atomic mass is 16.2. The van der Waals surface area contributed by atoms with Gasteiger partial charge in [-0.05, 0) is 36.8 Å². The van der Waals surface area contributed by atoms with Crippen molar-refractivity contribution >= 4 is 17.6 Å². The van der Waals surface area contributed by atoms with Gasteiger partial charge in [0.25, 0.3) is 5.91 Å². The molecule has 8 nitrogen and oxygen atoms in total. The summed E-state index contributed by atoms with van der Waals surface area (Å²) in [6, 6.07) is 9.53. The molecule has 2 aromatic rings. The van der Waals surface area contributed by atoms with E-state index in [1.165, 1.54) is 0 Å². The topological polar surface area (TPSA) is 83.4 Å². The zero-order valence-electron chi connectivity index (χ0n) is 15.8. The Kier molecular flexibility index (Phi) is 4.26. The van der Waals surface area contributed by atoms with E-state index in [4.69, 9.17) is 0 Å². The quantitative estimate of drug-likeness (QED) is 0.862. The van der Waals surface area contributed by atoms with Gasteiger partial charge in [-0.2, -0.15) is 0 Å². The normalized spacial score (nSPS) is 23.4. The summed E-state index contributed by atoms with van der Waals surface area (Å²) in [7, 11) is 0. The van der Waals surface area contributed by atoms with Crippen molar-refractivity contribution in [1.29, 1.82) is 0 Å². The minimum absolute atomic E-state index is 0.171. The molecule has 0 radical (unpaired) electrons. The van der Waals surface area contributed by atoms with Crippen molar-refractivity contribution in [2.24, 2.45) is 11.8 Å². The van der Waals surface area contributed by atoms with Crippen molar-refractivity contribution in [3.63, 3.8) is 0 Å². The van der Waals surface area contributed by atoms with Crippen molar-refractivity contribution in [2.45, 2.75) is 25.8 Å². The van der Waals surface area contributed by atoms with Gasteiger partial charge < -0.3 is 19.7 Å². The van der Waals surface area contributed by atoms with Crippen LogP contribution >= 0.6 is 0 Å². The van der Waals surface area contributed by atoms with Gasteiger partial charge in [-0.25, -0.2) is 4.79 Å². The largest absolute Gasteiger partial charge is 0.325 e. The summed E-state index contributed by atoms with van der Waals surface area (Å²) in [5, 5.41) is 11.3. The Balaban J connectivity index is 1.29. The average Bonchev–Trinajstić information content (AvgIpc) is 3.45.